The Labute approximate surface area is 167 Å². The molecular formula is C18H23ClNO5PS. The first kappa shape index (κ1) is 22.1. The van der Waals surface area contributed by atoms with Crippen LogP contribution in [0.1, 0.15) is 17.2 Å². The van der Waals surface area contributed by atoms with Gasteiger partial charge < -0.3 is 13.8 Å². The molecular weight excluding hydrogens is 409 g/mol. The number of benzene rings is 2. The van der Waals surface area contributed by atoms with Gasteiger partial charge >= 0.3 is 7.60 Å². The van der Waals surface area contributed by atoms with Crippen LogP contribution in [0.25, 0.3) is 0 Å². The van der Waals surface area contributed by atoms with E-state index in [0.717, 1.165) is 5.56 Å². The van der Waals surface area contributed by atoms with Crippen LogP contribution in [0.15, 0.2) is 53.4 Å². The third-order valence-electron chi connectivity index (χ3n) is 4.03. The fourth-order valence-corrected chi connectivity index (χ4v) is 5.45. The Balaban J connectivity index is 2.37. The Morgan fingerprint density at radius 2 is 1.56 bits per heavy atom. The summed E-state index contributed by atoms with van der Waals surface area (Å²) in [5.41, 5.74) is 1.73. The summed E-state index contributed by atoms with van der Waals surface area (Å²) in [5, 5.41) is -1.10. The topological polar surface area (TPSA) is 73.9 Å². The van der Waals surface area contributed by atoms with E-state index in [2.05, 4.69) is 4.72 Å². The van der Waals surface area contributed by atoms with E-state index in [1.54, 1.807) is 43.5 Å². The molecule has 0 aliphatic rings. The van der Waals surface area contributed by atoms with Gasteiger partial charge in [-0.3, -0.25) is 4.57 Å². The summed E-state index contributed by atoms with van der Waals surface area (Å²) in [5.74, 6) is 0.657. The molecule has 0 bridgehead atoms. The zero-order valence-corrected chi connectivity index (χ0v) is 18.0. The minimum absolute atomic E-state index is 0.577. The molecule has 0 saturated heterocycles. The van der Waals surface area contributed by atoms with Crippen LogP contribution in [0.4, 0.5) is 0 Å². The van der Waals surface area contributed by atoms with Gasteiger partial charge in [0.2, 0.25) is 0 Å². The quantitative estimate of drug-likeness (QED) is 0.470. The third-order valence-corrected chi connectivity index (χ3v) is 8.09. The third kappa shape index (κ3) is 5.41. The van der Waals surface area contributed by atoms with Crippen molar-refractivity contribution >= 4 is 30.2 Å². The summed E-state index contributed by atoms with van der Waals surface area (Å²) in [6, 6.07) is 13.5. The van der Waals surface area contributed by atoms with Gasteiger partial charge in [0.1, 0.15) is 16.7 Å². The molecule has 0 radical (unpaired) electrons. The van der Waals surface area contributed by atoms with Gasteiger partial charge in [-0.1, -0.05) is 29.8 Å². The van der Waals surface area contributed by atoms with Crippen LogP contribution in [0.2, 0.25) is 0 Å². The molecule has 27 heavy (non-hydrogen) atoms. The maximum absolute atomic E-state index is 12.8. The zero-order valence-electron chi connectivity index (χ0n) is 15.5. The van der Waals surface area contributed by atoms with E-state index in [9.17, 15) is 8.77 Å². The molecule has 0 amide bonds. The summed E-state index contributed by atoms with van der Waals surface area (Å²) < 4.78 is 43.8. The molecule has 0 heterocycles. The molecule has 1 unspecified atom stereocenters. The van der Waals surface area contributed by atoms with Gasteiger partial charge in [-0.15, -0.1) is 11.6 Å². The lowest BCUT2D eigenvalue weighted by molar-refractivity contribution is 0.269. The van der Waals surface area contributed by atoms with E-state index in [-0.39, 0.29) is 0 Å². The van der Waals surface area contributed by atoms with Crippen LogP contribution in [0, 0.1) is 6.92 Å². The normalized spacial score (nSPS) is 15.1. The van der Waals surface area contributed by atoms with Gasteiger partial charge in [0.05, 0.1) is 18.0 Å². The molecule has 1 N–H and O–H groups in total. The van der Waals surface area contributed by atoms with Crippen molar-refractivity contribution in [3.8, 4) is 5.75 Å². The highest BCUT2D eigenvalue weighted by atomic mass is 35.5. The van der Waals surface area contributed by atoms with Crippen LogP contribution in [-0.4, -0.2) is 30.7 Å². The number of alkyl halides is 1. The summed E-state index contributed by atoms with van der Waals surface area (Å²) >= 11 is 6.48. The molecule has 0 saturated carbocycles. The Morgan fingerprint density at radius 1 is 1.00 bits per heavy atom. The van der Waals surface area contributed by atoms with Crippen molar-refractivity contribution in [3.63, 3.8) is 0 Å². The van der Waals surface area contributed by atoms with Crippen LogP contribution >= 0.6 is 19.2 Å². The Hall–Kier alpha value is -1.21. The summed E-state index contributed by atoms with van der Waals surface area (Å²) in [6.07, 6.45) is 0. The number of nitrogens with one attached hydrogen (secondary N) is 1. The lowest BCUT2D eigenvalue weighted by atomic mass is 10.1. The predicted octanol–water partition coefficient (Wildman–Crippen LogP) is 4.41. The fourth-order valence-electron chi connectivity index (χ4n) is 2.40. The molecule has 2 aromatic rings. The average molecular weight is 432 g/mol. The van der Waals surface area contributed by atoms with Crippen molar-refractivity contribution in [3.05, 3.63) is 59.7 Å². The Kier molecular flexibility index (Phi) is 8.04. The smallest absolute Gasteiger partial charge is 0.349 e. The van der Waals surface area contributed by atoms with E-state index in [0.29, 0.717) is 16.2 Å². The molecule has 0 aliphatic heterocycles. The summed E-state index contributed by atoms with van der Waals surface area (Å²) in [4.78, 5) is 0.577. The second-order valence-electron chi connectivity index (χ2n) is 5.73. The second kappa shape index (κ2) is 9.82. The molecule has 0 spiro atoms. The predicted molar refractivity (Wildman–Crippen MR) is 108 cm³/mol. The largest absolute Gasteiger partial charge is 0.497 e. The maximum atomic E-state index is 12.8. The summed E-state index contributed by atoms with van der Waals surface area (Å²) in [7, 11) is -1.13. The van der Waals surface area contributed by atoms with E-state index < -0.39 is 29.7 Å². The van der Waals surface area contributed by atoms with Gasteiger partial charge in [-0.05, 0) is 36.8 Å². The SMILES string of the molecule is COc1ccc([C@@H](NS(=O)c2ccc(C)cc2)[C@H](Cl)P(=O)(OC)OC)cc1. The molecule has 9 heteroatoms. The highest BCUT2D eigenvalue weighted by Crippen LogP contribution is 2.57. The molecule has 6 nitrogen and oxygen atoms in total. The average Bonchev–Trinajstić information content (AvgIpc) is 2.71. The lowest BCUT2D eigenvalue weighted by Crippen LogP contribution is -2.31. The van der Waals surface area contributed by atoms with Crippen molar-refractivity contribution < 1.29 is 22.6 Å². The molecule has 0 aromatic heterocycles. The number of halogens is 1. The van der Waals surface area contributed by atoms with Crippen molar-refractivity contribution in [2.75, 3.05) is 21.3 Å². The first-order valence-corrected chi connectivity index (χ1v) is 11.3. The van der Waals surface area contributed by atoms with Crippen molar-refractivity contribution in [1.82, 2.24) is 4.72 Å². The first-order chi connectivity index (χ1) is 12.8. The molecule has 0 fully saturated rings. The lowest BCUT2D eigenvalue weighted by Gasteiger charge is -2.27. The minimum atomic E-state index is -3.63. The van der Waals surface area contributed by atoms with Crippen LogP contribution in [0.5, 0.6) is 5.75 Å². The highest BCUT2D eigenvalue weighted by Gasteiger charge is 2.40. The van der Waals surface area contributed by atoms with E-state index >= 15 is 0 Å². The molecule has 3 atom stereocenters. The van der Waals surface area contributed by atoms with Gasteiger partial charge in [-0.25, -0.2) is 8.93 Å². The zero-order chi connectivity index (χ0) is 20.0. The Bertz CT molecular complexity index is 808. The van der Waals surface area contributed by atoms with E-state index in [1.807, 2.05) is 19.1 Å². The summed E-state index contributed by atoms with van der Waals surface area (Å²) in [6.45, 7) is 1.95. The standard InChI is InChI=1S/C18H23ClNO5PS/c1-13-5-11-16(12-6-13)27(22)20-17(18(19)26(21,24-3)25-4)14-7-9-15(23-2)10-8-14/h5-12,17-18,20H,1-4H3/t17-,18-,27?/m1/s1. The fraction of sp³-hybridized carbons (Fsp3) is 0.333. The van der Waals surface area contributed by atoms with Crippen molar-refractivity contribution in [1.29, 1.82) is 0 Å². The van der Waals surface area contributed by atoms with Crippen LogP contribution < -0.4 is 9.46 Å². The van der Waals surface area contributed by atoms with Crippen LogP contribution in [0.3, 0.4) is 0 Å². The number of aryl methyl sites for hydroxylation is 1. The first-order valence-electron chi connectivity index (χ1n) is 8.08. The van der Waals surface area contributed by atoms with Gasteiger partial charge in [0.25, 0.3) is 0 Å². The molecule has 0 aliphatic carbocycles. The van der Waals surface area contributed by atoms with Crippen LogP contribution in [-0.2, 0) is 24.6 Å². The number of methoxy groups -OCH3 is 1. The minimum Gasteiger partial charge on any atom is -0.497 e. The second-order valence-corrected chi connectivity index (χ2v) is 10.1. The number of hydrogen-bond donors (Lipinski definition) is 1. The van der Waals surface area contributed by atoms with E-state index in [1.165, 1.54) is 14.2 Å². The van der Waals surface area contributed by atoms with Crippen molar-refractivity contribution in [2.45, 2.75) is 23.0 Å². The van der Waals surface area contributed by atoms with Gasteiger partial charge in [0.15, 0.2) is 5.12 Å². The number of hydrogen-bond acceptors (Lipinski definition) is 5. The highest BCUT2D eigenvalue weighted by molar-refractivity contribution is 7.83. The van der Waals surface area contributed by atoms with Gasteiger partial charge in [0, 0.05) is 14.2 Å². The maximum Gasteiger partial charge on any atom is 0.349 e. The van der Waals surface area contributed by atoms with Crippen molar-refractivity contribution in [2.24, 2.45) is 0 Å². The monoisotopic (exact) mass is 431 g/mol. The van der Waals surface area contributed by atoms with Gasteiger partial charge in [-0.2, -0.15) is 0 Å². The molecule has 2 aromatic carbocycles. The Morgan fingerprint density at radius 3 is 2.04 bits per heavy atom. The van der Waals surface area contributed by atoms with E-state index in [4.69, 9.17) is 25.4 Å². The molecule has 148 valence electrons. The molecule has 2 rings (SSSR count). The number of ether oxygens (including phenoxy) is 1. The number of rotatable bonds is 9.